The fourth-order valence-corrected chi connectivity index (χ4v) is 3.26. The second kappa shape index (κ2) is 10.9. The summed E-state index contributed by atoms with van der Waals surface area (Å²) >= 11 is 0. The minimum absolute atomic E-state index is 0.575. The highest BCUT2D eigenvalue weighted by molar-refractivity contribution is 5.20. The van der Waals surface area contributed by atoms with Gasteiger partial charge in [0.25, 0.3) is 0 Å². The molecule has 1 unspecified atom stereocenters. The Morgan fingerprint density at radius 1 is 0.708 bits per heavy atom. The summed E-state index contributed by atoms with van der Waals surface area (Å²) in [5, 5.41) is 0. The zero-order valence-electron chi connectivity index (χ0n) is 15.3. The van der Waals surface area contributed by atoms with Crippen molar-refractivity contribution in [1.29, 1.82) is 0 Å². The van der Waals surface area contributed by atoms with Gasteiger partial charge in [0.1, 0.15) is 0 Å². The molecule has 0 saturated heterocycles. The van der Waals surface area contributed by atoms with Gasteiger partial charge in [-0.15, -0.1) is 0 Å². The Morgan fingerprint density at radius 2 is 1.21 bits per heavy atom. The predicted molar refractivity (Wildman–Crippen MR) is 106 cm³/mol. The molecule has 0 bridgehead atoms. The maximum Gasteiger partial charge on any atom is -0.0152 e. The Hall–Kier alpha value is -1.82. The molecule has 128 valence electrons. The molecule has 0 aliphatic heterocycles. The molecule has 24 heavy (non-hydrogen) atoms. The predicted octanol–water partition coefficient (Wildman–Crippen LogP) is 6.86. The van der Waals surface area contributed by atoms with Gasteiger partial charge in [-0.2, -0.15) is 0 Å². The van der Waals surface area contributed by atoms with Crippen molar-refractivity contribution in [3.8, 4) is 0 Å². The SMILES string of the molecule is CCCCC(/C=C/C(Cc1ccccc1)Cc1ccccc1)CC. The van der Waals surface area contributed by atoms with E-state index in [9.17, 15) is 0 Å². The van der Waals surface area contributed by atoms with Crippen molar-refractivity contribution in [3.63, 3.8) is 0 Å². The minimum Gasteiger partial charge on any atom is -0.0851 e. The molecular weight excluding hydrogens is 288 g/mol. The number of hydrogen-bond donors (Lipinski definition) is 0. The van der Waals surface area contributed by atoms with Crippen LogP contribution in [0.3, 0.4) is 0 Å². The molecule has 0 aliphatic rings. The van der Waals surface area contributed by atoms with Crippen molar-refractivity contribution < 1.29 is 0 Å². The average molecular weight is 321 g/mol. The van der Waals surface area contributed by atoms with E-state index in [-0.39, 0.29) is 0 Å². The third-order valence-electron chi connectivity index (χ3n) is 4.79. The first-order valence-electron chi connectivity index (χ1n) is 9.58. The van der Waals surface area contributed by atoms with Crippen molar-refractivity contribution >= 4 is 0 Å². The van der Waals surface area contributed by atoms with E-state index in [1.807, 2.05) is 0 Å². The highest BCUT2D eigenvalue weighted by Crippen LogP contribution is 2.20. The molecule has 2 aromatic carbocycles. The summed E-state index contributed by atoms with van der Waals surface area (Å²) in [7, 11) is 0. The van der Waals surface area contributed by atoms with Gasteiger partial charge in [0.2, 0.25) is 0 Å². The number of allylic oxidation sites excluding steroid dienone is 2. The fourth-order valence-electron chi connectivity index (χ4n) is 3.26. The molecular formula is C24H32. The molecule has 0 heteroatoms. The van der Waals surface area contributed by atoms with Crippen molar-refractivity contribution in [2.24, 2.45) is 11.8 Å². The molecule has 0 radical (unpaired) electrons. The van der Waals surface area contributed by atoms with Crippen LogP contribution in [-0.4, -0.2) is 0 Å². The van der Waals surface area contributed by atoms with E-state index in [4.69, 9.17) is 0 Å². The Kier molecular flexibility index (Phi) is 8.38. The van der Waals surface area contributed by atoms with Crippen molar-refractivity contribution in [3.05, 3.63) is 83.9 Å². The lowest BCUT2D eigenvalue weighted by Crippen LogP contribution is -2.07. The summed E-state index contributed by atoms with van der Waals surface area (Å²) in [4.78, 5) is 0. The van der Waals surface area contributed by atoms with Crippen LogP contribution < -0.4 is 0 Å². The quantitative estimate of drug-likeness (QED) is 0.419. The van der Waals surface area contributed by atoms with E-state index in [1.165, 1.54) is 36.8 Å². The van der Waals surface area contributed by atoms with Crippen molar-refractivity contribution in [2.45, 2.75) is 52.4 Å². The van der Waals surface area contributed by atoms with E-state index in [1.54, 1.807) is 0 Å². The molecule has 0 aliphatic carbocycles. The number of unbranched alkanes of at least 4 members (excludes halogenated alkanes) is 1. The van der Waals surface area contributed by atoms with Gasteiger partial charge in [-0.25, -0.2) is 0 Å². The molecule has 0 N–H and O–H groups in total. The first-order valence-corrected chi connectivity index (χ1v) is 9.58. The Balaban J connectivity index is 2.06. The second-order valence-corrected chi connectivity index (χ2v) is 6.83. The highest BCUT2D eigenvalue weighted by Gasteiger charge is 2.09. The maximum absolute atomic E-state index is 2.49. The second-order valence-electron chi connectivity index (χ2n) is 6.83. The van der Waals surface area contributed by atoms with Crippen LogP contribution in [0.25, 0.3) is 0 Å². The first kappa shape index (κ1) is 18.5. The Labute approximate surface area is 148 Å². The van der Waals surface area contributed by atoms with Gasteiger partial charge in [0.15, 0.2) is 0 Å². The van der Waals surface area contributed by atoms with Gasteiger partial charge < -0.3 is 0 Å². The lowest BCUT2D eigenvalue weighted by molar-refractivity contribution is 0.532. The van der Waals surface area contributed by atoms with Crippen molar-refractivity contribution in [2.75, 3.05) is 0 Å². The number of rotatable bonds is 10. The molecule has 0 nitrogen and oxygen atoms in total. The van der Waals surface area contributed by atoms with Gasteiger partial charge in [-0.3, -0.25) is 0 Å². The summed E-state index contributed by atoms with van der Waals surface area (Å²) in [6.07, 6.45) is 12.4. The van der Waals surface area contributed by atoms with Crippen molar-refractivity contribution in [1.82, 2.24) is 0 Å². The van der Waals surface area contributed by atoms with Crippen LogP contribution in [0.1, 0.15) is 50.7 Å². The lowest BCUT2D eigenvalue weighted by atomic mass is 9.90. The molecule has 0 fully saturated rings. The van der Waals surface area contributed by atoms with Crippen LogP contribution in [0.5, 0.6) is 0 Å². The lowest BCUT2D eigenvalue weighted by Gasteiger charge is -2.15. The molecule has 0 saturated carbocycles. The molecule has 1 atom stereocenters. The monoisotopic (exact) mass is 320 g/mol. The summed E-state index contributed by atoms with van der Waals surface area (Å²) in [5.74, 6) is 1.31. The zero-order chi connectivity index (χ0) is 17.0. The van der Waals surface area contributed by atoms with Crippen LogP contribution in [0.4, 0.5) is 0 Å². The summed E-state index contributed by atoms with van der Waals surface area (Å²) in [5.41, 5.74) is 2.87. The molecule has 0 heterocycles. The van der Waals surface area contributed by atoms with Gasteiger partial charge in [-0.1, -0.05) is 99.5 Å². The van der Waals surface area contributed by atoms with E-state index in [0.29, 0.717) is 5.92 Å². The summed E-state index contributed by atoms with van der Waals surface area (Å²) in [6, 6.07) is 21.8. The van der Waals surface area contributed by atoms with Crippen LogP contribution in [0.2, 0.25) is 0 Å². The molecule has 2 aromatic rings. The van der Waals surface area contributed by atoms with E-state index < -0.39 is 0 Å². The van der Waals surface area contributed by atoms with Gasteiger partial charge in [0.05, 0.1) is 0 Å². The Morgan fingerprint density at radius 3 is 1.67 bits per heavy atom. The smallest absolute Gasteiger partial charge is 0.0152 e. The van der Waals surface area contributed by atoms with Gasteiger partial charge >= 0.3 is 0 Å². The third kappa shape index (κ3) is 6.74. The Bertz CT molecular complexity index is 526. The molecule has 0 spiro atoms. The minimum atomic E-state index is 0.575. The molecule has 2 rings (SSSR count). The standard InChI is InChI=1S/C24H32/c1-3-5-12-21(4-2)17-18-24(19-22-13-8-6-9-14-22)20-23-15-10-7-11-16-23/h6-11,13-18,21,24H,3-5,12,19-20H2,1-2H3/b18-17+. The highest BCUT2D eigenvalue weighted by atomic mass is 14.1. The van der Waals surface area contributed by atoms with E-state index >= 15 is 0 Å². The number of hydrogen-bond acceptors (Lipinski definition) is 0. The fraction of sp³-hybridized carbons (Fsp3) is 0.417. The van der Waals surface area contributed by atoms with E-state index in [0.717, 1.165) is 18.8 Å². The largest absolute Gasteiger partial charge is 0.0851 e. The van der Waals surface area contributed by atoms with Crippen LogP contribution in [-0.2, 0) is 12.8 Å². The first-order chi connectivity index (χ1) is 11.8. The number of benzene rings is 2. The average Bonchev–Trinajstić information content (AvgIpc) is 2.63. The van der Waals surface area contributed by atoms with Gasteiger partial charge in [0, 0.05) is 0 Å². The maximum atomic E-state index is 2.49. The van der Waals surface area contributed by atoms with Crippen LogP contribution in [0, 0.1) is 11.8 Å². The van der Waals surface area contributed by atoms with E-state index in [2.05, 4.69) is 86.7 Å². The van der Waals surface area contributed by atoms with Crippen LogP contribution >= 0.6 is 0 Å². The normalized spacial score (nSPS) is 12.8. The van der Waals surface area contributed by atoms with Gasteiger partial charge in [-0.05, 0) is 48.6 Å². The summed E-state index contributed by atoms with van der Waals surface area (Å²) in [6.45, 7) is 4.60. The zero-order valence-corrected chi connectivity index (χ0v) is 15.3. The van der Waals surface area contributed by atoms with Crippen LogP contribution in [0.15, 0.2) is 72.8 Å². The molecule has 0 amide bonds. The summed E-state index contributed by atoms with van der Waals surface area (Å²) < 4.78 is 0. The molecule has 0 aromatic heterocycles. The topological polar surface area (TPSA) is 0 Å². The third-order valence-corrected chi connectivity index (χ3v) is 4.79.